The Morgan fingerprint density at radius 2 is 2.00 bits per heavy atom. The van der Waals surface area contributed by atoms with Crippen LogP contribution in [0.3, 0.4) is 0 Å². The Morgan fingerprint density at radius 3 is 2.76 bits per heavy atom. The van der Waals surface area contributed by atoms with Crippen LogP contribution >= 0.6 is 0 Å². The van der Waals surface area contributed by atoms with Crippen LogP contribution < -0.4 is 5.32 Å². The molecule has 0 saturated heterocycles. The van der Waals surface area contributed by atoms with Crippen LogP contribution in [0, 0.1) is 5.82 Å². The minimum atomic E-state index is -0.388. The summed E-state index contributed by atoms with van der Waals surface area (Å²) in [5, 5.41) is 8.88. The van der Waals surface area contributed by atoms with Gasteiger partial charge in [0.15, 0.2) is 11.5 Å². The van der Waals surface area contributed by atoms with E-state index >= 15 is 0 Å². The van der Waals surface area contributed by atoms with Gasteiger partial charge in [-0.2, -0.15) is 5.10 Å². The highest BCUT2D eigenvalue weighted by Gasteiger charge is 2.45. The molecule has 0 spiro atoms. The van der Waals surface area contributed by atoms with Crippen molar-refractivity contribution < 1.29 is 9.18 Å². The lowest BCUT2D eigenvalue weighted by Gasteiger charge is -2.24. The van der Waals surface area contributed by atoms with E-state index in [-0.39, 0.29) is 23.8 Å². The first kappa shape index (κ1) is 20.0. The number of anilines is 1. The van der Waals surface area contributed by atoms with Crippen molar-refractivity contribution in [3.63, 3.8) is 0 Å². The third kappa shape index (κ3) is 3.12. The van der Waals surface area contributed by atoms with Crippen LogP contribution in [-0.2, 0) is 16.8 Å². The molecule has 1 fully saturated rings. The molecular formula is C25H23FN6O. The first-order valence-electron chi connectivity index (χ1n) is 11.2. The summed E-state index contributed by atoms with van der Waals surface area (Å²) in [5.74, 6) is 1.28. The van der Waals surface area contributed by atoms with Crippen LogP contribution in [-0.4, -0.2) is 37.1 Å². The Labute approximate surface area is 190 Å². The number of carbonyl (C=O) groups is 1. The Balaban J connectivity index is 1.52. The van der Waals surface area contributed by atoms with Crippen LogP contribution in [0.4, 0.5) is 10.2 Å². The summed E-state index contributed by atoms with van der Waals surface area (Å²) in [7, 11) is 0. The third-order valence-electron chi connectivity index (χ3n) is 6.75. The largest absolute Gasteiger partial charge is 0.359 e. The molecule has 1 unspecified atom stereocenters. The van der Waals surface area contributed by atoms with Gasteiger partial charge >= 0.3 is 0 Å². The zero-order valence-corrected chi connectivity index (χ0v) is 18.4. The highest BCUT2D eigenvalue weighted by molar-refractivity contribution is 5.90. The summed E-state index contributed by atoms with van der Waals surface area (Å²) in [6.07, 6.45) is 4.80. The summed E-state index contributed by atoms with van der Waals surface area (Å²) >= 11 is 0. The van der Waals surface area contributed by atoms with Gasteiger partial charge in [0.05, 0.1) is 23.7 Å². The number of benzene rings is 1. The molecule has 4 aromatic rings. The molecular weight excluding hydrogens is 419 g/mol. The zero-order valence-electron chi connectivity index (χ0n) is 18.4. The third-order valence-corrected chi connectivity index (χ3v) is 6.75. The lowest BCUT2D eigenvalue weighted by atomic mass is 9.80. The first-order chi connectivity index (χ1) is 16.0. The van der Waals surface area contributed by atoms with Crippen molar-refractivity contribution in [3.05, 3.63) is 65.2 Å². The molecule has 1 aliphatic heterocycles. The van der Waals surface area contributed by atoms with E-state index in [4.69, 9.17) is 15.1 Å². The fourth-order valence-electron chi connectivity index (χ4n) is 4.74. The lowest BCUT2D eigenvalue weighted by molar-refractivity contribution is -0.109. The van der Waals surface area contributed by atoms with E-state index < -0.39 is 0 Å². The fourth-order valence-corrected chi connectivity index (χ4v) is 4.74. The number of hydrogen-bond acceptors (Lipinski definition) is 6. The van der Waals surface area contributed by atoms with Crippen molar-refractivity contribution in [1.82, 2.24) is 24.7 Å². The van der Waals surface area contributed by atoms with Gasteiger partial charge in [-0.3, -0.25) is 0 Å². The number of nitrogens with zero attached hydrogens (tertiary/aromatic N) is 5. The molecule has 1 atom stereocenters. The maximum Gasteiger partial charge on any atom is 0.183 e. The van der Waals surface area contributed by atoms with Crippen LogP contribution in [0.1, 0.15) is 49.4 Å². The van der Waals surface area contributed by atoms with Gasteiger partial charge in [-0.25, -0.2) is 24.0 Å². The van der Waals surface area contributed by atoms with Gasteiger partial charge in [0.1, 0.15) is 23.6 Å². The van der Waals surface area contributed by atoms with Gasteiger partial charge in [-0.05, 0) is 31.0 Å². The number of aromatic nitrogens is 5. The van der Waals surface area contributed by atoms with Crippen LogP contribution in [0.5, 0.6) is 0 Å². The van der Waals surface area contributed by atoms with E-state index in [0.717, 1.165) is 35.8 Å². The lowest BCUT2D eigenvalue weighted by Crippen LogP contribution is -2.35. The molecule has 2 aliphatic rings. The Morgan fingerprint density at radius 1 is 1.18 bits per heavy atom. The summed E-state index contributed by atoms with van der Waals surface area (Å²) in [6, 6.07) is 10.1. The highest BCUT2D eigenvalue weighted by atomic mass is 19.1. The predicted octanol–water partition coefficient (Wildman–Crippen LogP) is 4.22. The van der Waals surface area contributed by atoms with Gasteiger partial charge in [-0.1, -0.05) is 32.0 Å². The number of fused-ring (bicyclic) bond motifs is 2. The van der Waals surface area contributed by atoms with E-state index in [1.807, 2.05) is 12.1 Å². The Hall–Kier alpha value is -3.68. The Bertz CT molecular complexity index is 1410. The van der Waals surface area contributed by atoms with Crippen molar-refractivity contribution in [1.29, 1.82) is 0 Å². The molecule has 1 saturated carbocycles. The summed E-state index contributed by atoms with van der Waals surface area (Å²) in [4.78, 5) is 26.1. The monoisotopic (exact) mass is 442 g/mol. The van der Waals surface area contributed by atoms with Crippen molar-refractivity contribution in [2.45, 2.75) is 50.6 Å². The Kier molecular flexibility index (Phi) is 4.33. The summed E-state index contributed by atoms with van der Waals surface area (Å²) < 4.78 is 16.0. The molecule has 4 heterocycles. The van der Waals surface area contributed by atoms with E-state index in [1.54, 1.807) is 29.1 Å². The maximum atomic E-state index is 14.3. The highest BCUT2D eigenvalue weighted by Crippen LogP contribution is 2.49. The first-order valence-corrected chi connectivity index (χ1v) is 11.2. The SMILES string of the molecule is CC1(C)c2c(nc(-c3nn(Cc4ccccc4F)c4ncccc34)nc2C2CC2)NC1C=O. The quantitative estimate of drug-likeness (QED) is 0.466. The van der Waals surface area contributed by atoms with Gasteiger partial charge < -0.3 is 10.1 Å². The molecule has 166 valence electrons. The van der Waals surface area contributed by atoms with E-state index in [0.29, 0.717) is 34.5 Å². The van der Waals surface area contributed by atoms with Crippen LogP contribution in [0.15, 0.2) is 42.6 Å². The number of halogens is 1. The minimum absolute atomic E-state index is 0.249. The van der Waals surface area contributed by atoms with Gasteiger partial charge in [-0.15, -0.1) is 0 Å². The molecule has 1 N–H and O–H groups in total. The smallest absolute Gasteiger partial charge is 0.183 e. The molecule has 0 bridgehead atoms. The maximum absolute atomic E-state index is 14.3. The molecule has 6 rings (SSSR count). The second-order valence-corrected chi connectivity index (χ2v) is 9.38. The zero-order chi connectivity index (χ0) is 22.7. The van der Waals surface area contributed by atoms with Gasteiger partial charge in [0.2, 0.25) is 0 Å². The van der Waals surface area contributed by atoms with Crippen molar-refractivity contribution >= 4 is 23.1 Å². The van der Waals surface area contributed by atoms with E-state index in [2.05, 4.69) is 24.1 Å². The van der Waals surface area contributed by atoms with Gasteiger partial charge in [0.25, 0.3) is 0 Å². The van der Waals surface area contributed by atoms with E-state index in [1.165, 1.54) is 6.07 Å². The van der Waals surface area contributed by atoms with Crippen LogP contribution in [0.25, 0.3) is 22.6 Å². The molecule has 0 radical (unpaired) electrons. The fraction of sp³-hybridized carbons (Fsp3) is 0.320. The van der Waals surface area contributed by atoms with Crippen molar-refractivity contribution in [3.8, 4) is 11.5 Å². The summed E-state index contributed by atoms with van der Waals surface area (Å²) in [5.41, 5.74) is 3.42. The molecule has 8 heteroatoms. The van der Waals surface area contributed by atoms with Gasteiger partial charge in [0, 0.05) is 28.7 Å². The molecule has 7 nitrogen and oxygen atoms in total. The van der Waals surface area contributed by atoms with Crippen molar-refractivity contribution in [2.24, 2.45) is 0 Å². The number of nitrogens with one attached hydrogen (secondary N) is 1. The second-order valence-electron chi connectivity index (χ2n) is 9.38. The summed E-state index contributed by atoms with van der Waals surface area (Å²) in [6.45, 7) is 4.36. The van der Waals surface area contributed by atoms with Crippen LogP contribution in [0.2, 0.25) is 0 Å². The number of rotatable bonds is 5. The number of hydrogen-bond donors (Lipinski definition) is 1. The van der Waals surface area contributed by atoms with E-state index in [9.17, 15) is 9.18 Å². The molecule has 3 aromatic heterocycles. The molecule has 33 heavy (non-hydrogen) atoms. The topological polar surface area (TPSA) is 85.6 Å². The number of pyridine rings is 1. The minimum Gasteiger partial charge on any atom is -0.359 e. The van der Waals surface area contributed by atoms with Crippen molar-refractivity contribution in [2.75, 3.05) is 5.32 Å². The predicted molar refractivity (Wildman–Crippen MR) is 123 cm³/mol. The molecule has 1 aliphatic carbocycles. The molecule has 0 amide bonds. The second kappa shape index (κ2) is 7.16. The molecule has 1 aromatic carbocycles. The average molecular weight is 442 g/mol. The standard InChI is InChI=1S/C25H23FN6O/c1-25(2)18(13-33)28-22-19(25)20(14-9-10-14)29-23(30-22)21-16-7-5-11-27-24(16)32(31-21)12-15-6-3-4-8-17(15)26/h3-8,11,13-14,18H,9-10,12H2,1-2H3,(H,28,29,30). The normalized spacial score (nSPS) is 18.8. The average Bonchev–Trinajstić information content (AvgIpc) is 3.55. The number of aldehydes is 1. The number of carbonyl (C=O) groups excluding carboxylic acids is 1.